The molecule has 0 bridgehead atoms. The Morgan fingerprint density at radius 2 is 1.68 bits per heavy atom. The van der Waals surface area contributed by atoms with Gasteiger partial charge in [0.1, 0.15) is 0 Å². The molecule has 1 N–H and O–H groups in total. The summed E-state index contributed by atoms with van der Waals surface area (Å²) in [6.45, 7) is 7.22. The van der Waals surface area contributed by atoms with Crippen LogP contribution in [0.5, 0.6) is 0 Å². The van der Waals surface area contributed by atoms with Crippen LogP contribution in [0, 0.1) is 27.7 Å². The van der Waals surface area contributed by atoms with Crippen molar-refractivity contribution in [3.05, 3.63) is 45.8 Å². The van der Waals surface area contributed by atoms with E-state index in [-0.39, 0.29) is 23.9 Å². The molecule has 0 atom stereocenters. The molecule has 0 unspecified atom stereocenters. The minimum atomic E-state index is -4.51. The second-order valence-electron chi connectivity index (χ2n) is 7.44. The minimum Gasteiger partial charge on any atom is -0.267 e. The summed E-state index contributed by atoms with van der Waals surface area (Å²) < 4.78 is 68.4. The summed E-state index contributed by atoms with van der Waals surface area (Å²) in [5.74, 6) is 0.0733. The molecule has 1 saturated carbocycles. The maximum Gasteiger partial charge on any atom is 0.435 e. The summed E-state index contributed by atoms with van der Waals surface area (Å²) in [6, 6.07) is 3.01. The fourth-order valence-electron chi connectivity index (χ4n) is 3.40. The smallest absolute Gasteiger partial charge is 0.267 e. The Morgan fingerprint density at radius 1 is 1.11 bits per heavy atom. The molecule has 1 aliphatic carbocycles. The Hall–Kier alpha value is -1.87. The number of halogens is 3. The largest absolute Gasteiger partial charge is 0.435 e. The fourth-order valence-corrected chi connectivity index (χ4v) is 5.03. The van der Waals surface area contributed by atoms with Crippen molar-refractivity contribution < 1.29 is 21.6 Å². The molecule has 1 heterocycles. The maximum atomic E-state index is 13.0. The van der Waals surface area contributed by atoms with Crippen LogP contribution in [0.2, 0.25) is 0 Å². The van der Waals surface area contributed by atoms with Gasteiger partial charge in [-0.1, -0.05) is 6.07 Å². The van der Waals surface area contributed by atoms with E-state index in [0.717, 1.165) is 30.0 Å². The highest BCUT2D eigenvalue weighted by Crippen LogP contribution is 2.42. The molecule has 2 aromatic rings. The maximum absolute atomic E-state index is 13.0. The van der Waals surface area contributed by atoms with Crippen molar-refractivity contribution in [1.82, 2.24) is 14.5 Å². The molecule has 1 aromatic carbocycles. The van der Waals surface area contributed by atoms with Crippen molar-refractivity contribution in [2.45, 2.75) is 64.1 Å². The van der Waals surface area contributed by atoms with Crippen LogP contribution in [0.1, 0.15) is 52.4 Å². The first-order valence-corrected chi connectivity index (χ1v) is 10.6. The first-order valence-electron chi connectivity index (χ1n) is 9.14. The van der Waals surface area contributed by atoms with Crippen molar-refractivity contribution in [3.8, 4) is 0 Å². The Kier molecular flexibility index (Phi) is 5.35. The summed E-state index contributed by atoms with van der Waals surface area (Å²) in [4.78, 5) is 0.240. The highest BCUT2D eigenvalue weighted by molar-refractivity contribution is 7.89. The molecule has 28 heavy (non-hydrogen) atoms. The van der Waals surface area contributed by atoms with Crippen molar-refractivity contribution in [1.29, 1.82) is 0 Å². The minimum absolute atomic E-state index is 0.0348. The van der Waals surface area contributed by atoms with E-state index in [0.29, 0.717) is 16.8 Å². The second kappa shape index (κ2) is 7.18. The SMILES string of the molecule is Cc1cc(C)c(C)c(S(=O)(=O)NCCn2nc(C(F)(F)F)cc2C2CC2)c1C. The molecule has 154 valence electrons. The van der Waals surface area contributed by atoms with E-state index in [2.05, 4.69) is 9.82 Å². The van der Waals surface area contributed by atoms with E-state index < -0.39 is 21.9 Å². The van der Waals surface area contributed by atoms with E-state index in [9.17, 15) is 21.6 Å². The Morgan fingerprint density at radius 3 is 2.18 bits per heavy atom. The predicted octanol–water partition coefficient (Wildman–Crippen LogP) is 3.99. The van der Waals surface area contributed by atoms with Crippen LogP contribution in [0.15, 0.2) is 17.0 Å². The van der Waals surface area contributed by atoms with E-state index in [1.165, 1.54) is 4.68 Å². The van der Waals surface area contributed by atoms with Crippen LogP contribution in [0.25, 0.3) is 0 Å². The van der Waals surface area contributed by atoms with Gasteiger partial charge >= 0.3 is 6.18 Å². The average molecular weight is 415 g/mol. The lowest BCUT2D eigenvalue weighted by atomic mass is 10.0. The molecule has 0 spiro atoms. The van der Waals surface area contributed by atoms with Crippen LogP contribution in [0.3, 0.4) is 0 Å². The molecule has 0 saturated heterocycles. The van der Waals surface area contributed by atoms with Crippen molar-refractivity contribution >= 4 is 10.0 Å². The third-order valence-corrected chi connectivity index (χ3v) is 7.01. The van der Waals surface area contributed by atoms with Gasteiger partial charge in [0.05, 0.1) is 11.4 Å². The molecule has 5 nitrogen and oxygen atoms in total. The Bertz CT molecular complexity index is 980. The number of alkyl halides is 3. The predicted molar refractivity (Wildman–Crippen MR) is 99.8 cm³/mol. The topological polar surface area (TPSA) is 64.0 Å². The molecule has 1 aromatic heterocycles. The Balaban J connectivity index is 1.80. The van der Waals surface area contributed by atoms with Gasteiger partial charge in [0.15, 0.2) is 5.69 Å². The number of hydrogen-bond donors (Lipinski definition) is 1. The van der Waals surface area contributed by atoms with Gasteiger partial charge in [0, 0.05) is 18.2 Å². The number of sulfonamides is 1. The van der Waals surface area contributed by atoms with E-state index in [1.54, 1.807) is 13.8 Å². The number of aryl methyl sites for hydroxylation is 2. The summed E-state index contributed by atoms with van der Waals surface area (Å²) in [5, 5.41) is 3.66. The van der Waals surface area contributed by atoms with Crippen LogP contribution in [-0.4, -0.2) is 24.7 Å². The zero-order valence-electron chi connectivity index (χ0n) is 16.3. The summed E-state index contributed by atoms with van der Waals surface area (Å²) in [6.07, 6.45) is -2.85. The van der Waals surface area contributed by atoms with Gasteiger partial charge in [-0.05, 0) is 68.9 Å². The van der Waals surface area contributed by atoms with E-state index in [1.807, 2.05) is 19.9 Å². The molecule has 1 aliphatic rings. The second-order valence-corrected chi connectivity index (χ2v) is 9.14. The zero-order chi connectivity index (χ0) is 20.9. The van der Waals surface area contributed by atoms with Crippen molar-refractivity contribution in [3.63, 3.8) is 0 Å². The number of benzene rings is 1. The summed E-state index contributed by atoms with van der Waals surface area (Å²) >= 11 is 0. The van der Waals surface area contributed by atoms with Crippen molar-refractivity contribution in [2.24, 2.45) is 0 Å². The Labute approximate surface area is 163 Å². The average Bonchev–Trinajstić information content (AvgIpc) is 3.32. The zero-order valence-corrected chi connectivity index (χ0v) is 17.1. The van der Waals surface area contributed by atoms with Crippen LogP contribution in [-0.2, 0) is 22.7 Å². The van der Waals surface area contributed by atoms with Gasteiger partial charge in [-0.25, -0.2) is 13.1 Å². The first-order chi connectivity index (χ1) is 12.9. The lowest BCUT2D eigenvalue weighted by molar-refractivity contribution is -0.141. The van der Waals surface area contributed by atoms with Gasteiger partial charge in [-0.15, -0.1) is 0 Å². The van der Waals surface area contributed by atoms with Crippen LogP contribution >= 0.6 is 0 Å². The number of rotatable bonds is 6. The van der Waals surface area contributed by atoms with Crippen LogP contribution < -0.4 is 4.72 Å². The fraction of sp³-hybridized carbons (Fsp3) is 0.526. The van der Waals surface area contributed by atoms with Gasteiger partial charge in [-0.2, -0.15) is 18.3 Å². The van der Waals surface area contributed by atoms with E-state index in [4.69, 9.17) is 0 Å². The monoisotopic (exact) mass is 415 g/mol. The van der Waals surface area contributed by atoms with Gasteiger partial charge in [-0.3, -0.25) is 4.68 Å². The quantitative estimate of drug-likeness (QED) is 0.776. The number of nitrogens with one attached hydrogen (secondary N) is 1. The number of hydrogen-bond acceptors (Lipinski definition) is 3. The molecule has 1 fully saturated rings. The lowest BCUT2D eigenvalue weighted by Crippen LogP contribution is -2.29. The van der Waals surface area contributed by atoms with Gasteiger partial charge < -0.3 is 0 Å². The first kappa shape index (κ1) is 20.9. The number of nitrogens with zero attached hydrogens (tertiary/aromatic N) is 2. The lowest BCUT2D eigenvalue weighted by Gasteiger charge is -2.16. The van der Waals surface area contributed by atoms with Gasteiger partial charge in [0.25, 0.3) is 0 Å². The van der Waals surface area contributed by atoms with E-state index >= 15 is 0 Å². The molecular weight excluding hydrogens is 391 g/mol. The van der Waals surface area contributed by atoms with Crippen LogP contribution in [0.4, 0.5) is 13.2 Å². The third-order valence-electron chi connectivity index (χ3n) is 5.28. The molecule has 0 amide bonds. The summed E-state index contributed by atoms with van der Waals surface area (Å²) in [7, 11) is -3.79. The molecule has 0 aliphatic heterocycles. The molecule has 3 rings (SSSR count). The summed E-state index contributed by atoms with van der Waals surface area (Å²) in [5.41, 5.74) is 2.69. The standard InChI is InChI=1S/C19H24F3N3O2S/c1-11-9-12(2)14(4)18(13(11)3)28(26,27)23-7-8-25-16(15-5-6-15)10-17(24-25)19(20,21)22/h9-10,15,23H,5-8H2,1-4H3. The number of aromatic nitrogens is 2. The molecule has 9 heteroatoms. The highest BCUT2D eigenvalue weighted by Gasteiger charge is 2.37. The highest BCUT2D eigenvalue weighted by atomic mass is 32.2. The molecular formula is C19H24F3N3O2S. The molecule has 0 radical (unpaired) electrons. The third kappa shape index (κ3) is 4.10. The van der Waals surface area contributed by atoms with Crippen molar-refractivity contribution in [2.75, 3.05) is 6.54 Å². The normalized spacial score (nSPS) is 15.2. The van der Waals surface area contributed by atoms with Gasteiger partial charge in [0.2, 0.25) is 10.0 Å².